The van der Waals surface area contributed by atoms with E-state index < -0.39 is 9.84 Å². The molecular weight excluding hydrogens is 274 g/mol. The van der Waals surface area contributed by atoms with E-state index in [1.165, 1.54) is 19.3 Å². The first kappa shape index (κ1) is 15.5. The van der Waals surface area contributed by atoms with E-state index in [0.717, 1.165) is 24.0 Å². The van der Waals surface area contributed by atoms with Crippen molar-refractivity contribution in [3.63, 3.8) is 0 Å². The van der Waals surface area contributed by atoms with Crippen LogP contribution in [-0.4, -0.2) is 19.3 Å². The summed E-state index contributed by atoms with van der Waals surface area (Å²) in [6.07, 6.45) is 4.40. The van der Waals surface area contributed by atoms with Crippen molar-refractivity contribution in [2.75, 3.05) is 5.75 Å². The van der Waals surface area contributed by atoms with Gasteiger partial charge in [-0.2, -0.15) is 0 Å². The molecule has 2 rings (SSSR count). The van der Waals surface area contributed by atoms with Crippen molar-refractivity contribution in [2.45, 2.75) is 52.2 Å². The lowest BCUT2D eigenvalue weighted by atomic mass is 9.76. The van der Waals surface area contributed by atoms with Gasteiger partial charge in [-0.25, -0.2) is 8.42 Å². The van der Waals surface area contributed by atoms with Crippen LogP contribution in [0.5, 0.6) is 0 Å². The first-order valence-electron chi connectivity index (χ1n) is 7.46. The van der Waals surface area contributed by atoms with E-state index in [-0.39, 0.29) is 11.5 Å². The molecule has 1 fully saturated rings. The minimum absolute atomic E-state index is 0.0222. The molecule has 0 bridgehead atoms. The van der Waals surface area contributed by atoms with Crippen molar-refractivity contribution >= 4 is 9.84 Å². The molecule has 114 valence electrons. The summed E-state index contributed by atoms with van der Waals surface area (Å²) in [5.74, 6) is 2.70. The molecule has 0 aromatic carbocycles. The van der Waals surface area contributed by atoms with Gasteiger partial charge in [0.15, 0.2) is 15.6 Å². The van der Waals surface area contributed by atoms with Crippen LogP contribution in [0.2, 0.25) is 0 Å². The molecule has 1 saturated carbocycles. The fourth-order valence-electron chi connectivity index (χ4n) is 3.47. The quantitative estimate of drug-likeness (QED) is 0.836. The average molecular weight is 299 g/mol. The van der Waals surface area contributed by atoms with Crippen LogP contribution in [0.4, 0.5) is 0 Å². The number of rotatable bonds is 5. The van der Waals surface area contributed by atoms with Crippen molar-refractivity contribution < 1.29 is 12.9 Å². The zero-order valence-electron chi connectivity index (χ0n) is 12.6. The Morgan fingerprint density at radius 2 is 1.90 bits per heavy atom. The molecule has 0 spiro atoms. The number of hydrogen-bond donors (Lipinski definition) is 0. The van der Waals surface area contributed by atoms with Crippen molar-refractivity contribution in [3.8, 4) is 0 Å². The standard InChI is InChI=1S/C15H25NO3S/c1-11-6-12(2)8-14(7-11)4-5-20(17,18)10-15-9-13(3)16-19-15/h9,11-12,14H,4-8,10H2,1-3H3/t11-,12-/m0/s1. The van der Waals surface area contributed by atoms with Crippen LogP contribution in [-0.2, 0) is 15.6 Å². The van der Waals surface area contributed by atoms with Gasteiger partial charge in [-0.15, -0.1) is 0 Å². The summed E-state index contributed by atoms with van der Waals surface area (Å²) in [6, 6.07) is 1.70. The van der Waals surface area contributed by atoms with Crippen molar-refractivity contribution in [1.29, 1.82) is 0 Å². The third-order valence-corrected chi connectivity index (χ3v) is 5.73. The monoisotopic (exact) mass is 299 g/mol. The largest absolute Gasteiger partial charge is 0.360 e. The average Bonchev–Trinajstić information content (AvgIpc) is 2.70. The summed E-state index contributed by atoms with van der Waals surface area (Å²) in [4.78, 5) is 0. The summed E-state index contributed by atoms with van der Waals surface area (Å²) in [7, 11) is -3.09. The van der Waals surface area contributed by atoms with E-state index in [9.17, 15) is 8.42 Å². The molecule has 20 heavy (non-hydrogen) atoms. The minimum atomic E-state index is -3.09. The van der Waals surface area contributed by atoms with Crippen LogP contribution >= 0.6 is 0 Å². The molecule has 0 amide bonds. The topological polar surface area (TPSA) is 60.2 Å². The van der Waals surface area contributed by atoms with E-state index in [1.807, 2.05) is 0 Å². The van der Waals surface area contributed by atoms with Gasteiger partial charge in [0.25, 0.3) is 0 Å². The lowest BCUT2D eigenvalue weighted by Crippen LogP contribution is -2.22. The SMILES string of the molecule is Cc1cc(CS(=O)(=O)CCC2C[C@@H](C)C[C@H](C)C2)on1. The van der Waals surface area contributed by atoms with Crippen LogP contribution in [0.3, 0.4) is 0 Å². The van der Waals surface area contributed by atoms with Gasteiger partial charge in [-0.3, -0.25) is 0 Å². The van der Waals surface area contributed by atoms with Gasteiger partial charge in [-0.05, 0) is 50.4 Å². The number of nitrogens with zero attached hydrogens (tertiary/aromatic N) is 1. The summed E-state index contributed by atoms with van der Waals surface area (Å²) >= 11 is 0. The maximum atomic E-state index is 12.1. The van der Waals surface area contributed by atoms with Gasteiger partial charge in [0.05, 0.1) is 11.4 Å². The minimum Gasteiger partial charge on any atom is -0.360 e. The number of sulfone groups is 1. The predicted molar refractivity (Wildman–Crippen MR) is 79.0 cm³/mol. The molecule has 2 atom stereocenters. The van der Waals surface area contributed by atoms with Crippen LogP contribution in [0.1, 0.15) is 51.0 Å². The van der Waals surface area contributed by atoms with Gasteiger partial charge in [-0.1, -0.05) is 19.0 Å². The Labute approximate surface area is 121 Å². The zero-order chi connectivity index (χ0) is 14.8. The molecule has 1 aliphatic carbocycles. The smallest absolute Gasteiger partial charge is 0.157 e. The fraction of sp³-hybridized carbons (Fsp3) is 0.800. The highest BCUT2D eigenvalue weighted by molar-refractivity contribution is 7.90. The van der Waals surface area contributed by atoms with E-state index in [0.29, 0.717) is 11.7 Å². The molecule has 0 unspecified atom stereocenters. The molecule has 0 radical (unpaired) electrons. The summed E-state index contributed by atoms with van der Waals surface area (Å²) < 4.78 is 29.3. The predicted octanol–water partition coefficient (Wildman–Crippen LogP) is 3.36. The molecule has 0 saturated heterocycles. The van der Waals surface area contributed by atoms with Crippen LogP contribution in [0.15, 0.2) is 10.6 Å². The maximum absolute atomic E-state index is 12.1. The van der Waals surface area contributed by atoms with Crippen molar-refractivity contribution in [1.82, 2.24) is 5.16 Å². The van der Waals surface area contributed by atoms with Crippen LogP contribution < -0.4 is 0 Å². The van der Waals surface area contributed by atoms with E-state index in [1.54, 1.807) is 13.0 Å². The Morgan fingerprint density at radius 3 is 2.45 bits per heavy atom. The first-order chi connectivity index (χ1) is 9.34. The lowest BCUT2D eigenvalue weighted by Gasteiger charge is -2.31. The molecule has 4 nitrogen and oxygen atoms in total. The van der Waals surface area contributed by atoms with E-state index in [2.05, 4.69) is 19.0 Å². The van der Waals surface area contributed by atoms with Crippen LogP contribution in [0, 0.1) is 24.7 Å². The normalized spacial score (nSPS) is 27.6. The maximum Gasteiger partial charge on any atom is 0.157 e. The summed E-state index contributed by atoms with van der Waals surface area (Å²) in [5, 5.41) is 3.73. The van der Waals surface area contributed by atoms with Gasteiger partial charge >= 0.3 is 0 Å². The van der Waals surface area contributed by atoms with Gasteiger partial charge in [0.2, 0.25) is 0 Å². The molecule has 1 aromatic heterocycles. The lowest BCUT2D eigenvalue weighted by molar-refractivity contribution is 0.215. The second kappa shape index (κ2) is 6.29. The zero-order valence-corrected chi connectivity index (χ0v) is 13.4. The van der Waals surface area contributed by atoms with E-state index >= 15 is 0 Å². The van der Waals surface area contributed by atoms with E-state index in [4.69, 9.17) is 4.52 Å². The number of aromatic nitrogens is 1. The molecule has 1 aliphatic rings. The highest BCUT2D eigenvalue weighted by Crippen LogP contribution is 2.34. The first-order valence-corrected chi connectivity index (χ1v) is 9.29. The van der Waals surface area contributed by atoms with Crippen LogP contribution in [0.25, 0.3) is 0 Å². The molecular formula is C15H25NO3S. The molecule has 0 aliphatic heterocycles. The Morgan fingerprint density at radius 1 is 1.25 bits per heavy atom. The Balaban J connectivity index is 1.86. The van der Waals surface area contributed by atoms with Crippen molar-refractivity contribution in [2.24, 2.45) is 17.8 Å². The van der Waals surface area contributed by atoms with Crippen molar-refractivity contribution in [3.05, 3.63) is 17.5 Å². The van der Waals surface area contributed by atoms with Gasteiger partial charge < -0.3 is 4.52 Å². The second-order valence-corrected chi connectivity index (χ2v) is 8.78. The number of aryl methyl sites for hydroxylation is 1. The highest BCUT2D eigenvalue weighted by atomic mass is 32.2. The highest BCUT2D eigenvalue weighted by Gasteiger charge is 2.25. The molecule has 1 heterocycles. The second-order valence-electron chi connectivity index (χ2n) is 6.60. The number of hydrogen-bond acceptors (Lipinski definition) is 4. The summed E-state index contributed by atoms with van der Waals surface area (Å²) in [5.41, 5.74) is 0.727. The Hall–Kier alpha value is -0.840. The fourth-order valence-corrected chi connectivity index (χ4v) is 4.88. The van der Waals surface area contributed by atoms with Gasteiger partial charge in [0.1, 0.15) is 5.75 Å². The summed E-state index contributed by atoms with van der Waals surface area (Å²) in [6.45, 7) is 6.34. The molecule has 0 N–H and O–H groups in total. The third-order valence-electron chi connectivity index (χ3n) is 4.15. The Bertz CT molecular complexity index is 525. The third kappa shape index (κ3) is 4.62. The Kier molecular flexibility index (Phi) is 4.89. The van der Waals surface area contributed by atoms with Gasteiger partial charge in [0, 0.05) is 6.07 Å². The molecule has 5 heteroatoms. The molecule has 1 aromatic rings.